The zero-order valence-corrected chi connectivity index (χ0v) is 18.9. The molecule has 0 unspecified atom stereocenters. The molecule has 164 valence electrons. The number of ether oxygens (including phenoxy) is 1. The molecule has 11 heteroatoms. The summed E-state index contributed by atoms with van der Waals surface area (Å²) in [5.74, 6) is 1.64. The predicted molar refractivity (Wildman–Crippen MR) is 122 cm³/mol. The van der Waals surface area contributed by atoms with Crippen molar-refractivity contribution in [1.82, 2.24) is 24.3 Å². The molecular weight excluding hydrogens is 448 g/mol. The topological polar surface area (TPSA) is 126 Å². The molecule has 0 aromatic carbocycles. The van der Waals surface area contributed by atoms with Gasteiger partial charge in [-0.05, 0) is 37.6 Å². The minimum atomic E-state index is -1.13. The Labute approximate surface area is 192 Å². The van der Waals surface area contributed by atoms with Crippen LogP contribution in [0.5, 0.6) is 11.5 Å². The monoisotopic (exact) mass is 468 g/mol. The van der Waals surface area contributed by atoms with E-state index in [-0.39, 0.29) is 5.82 Å². The Morgan fingerprint density at radius 3 is 2.75 bits per heavy atom. The molecule has 0 spiro atoms. The summed E-state index contributed by atoms with van der Waals surface area (Å²) in [5.41, 5.74) is 1.83. The summed E-state index contributed by atoms with van der Waals surface area (Å²) in [4.78, 5) is 18.3. The van der Waals surface area contributed by atoms with E-state index in [4.69, 9.17) is 9.84 Å². The van der Waals surface area contributed by atoms with Gasteiger partial charge in [-0.1, -0.05) is 17.8 Å². The molecule has 0 saturated heterocycles. The number of anilines is 2. The Hall–Kier alpha value is -3.12. The van der Waals surface area contributed by atoms with Crippen LogP contribution in [-0.4, -0.2) is 41.1 Å². The number of aromatic nitrogens is 5. The first-order valence-electron chi connectivity index (χ1n) is 9.61. The van der Waals surface area contributed by atoms with Crippen LogP contribution in [0.2, 0.25) is 0 Å². The van der Waals surface area contributed by atoms with Crippen molar-refractivity contribution in [1.29, 1.82) is 0 Å². The highest BCUT2D eigenvalue weighted by Crippen LogP contribution is 2.36. The molecule has 0 aliphatic rings. The maximum absolute atomic E-state index is 9.73. The second-order valence-corrected chi connectivity index (χ2v) is 8.61. The Morgan fingerprint density at radius 1 is 1.12 bits per heavy atom. The summed E-state index contributed by atoms with van der Waals surface area (Å²) in [7, 11) is 0. The predicted octanol–water partition coefficient (Wildman–Crippen LogP) is 4.05. The fourth-order valence-corrected chi connectivity index (χ4v) is 3.96. The zero-order chi connectivity index (χ0) is 22.5. The van der Waals surface area contributed by atoms with E-state index >= 15 is 0 Å². The average Bonchev–Trinajstić information content (AvgIpc) is 3.27. The second kappa shape index (κ2) is 10.0. The zero-order valence-electron chi connectivity index (χ0n) is 17.3. The third-order valence-electron chi connectivity index (χ3n) is 4.25. The summed E-state index contributed by atoms with van der Waals surface area (Å²) >= 11 is 2.52. The number of hydrogen-bond donors (Lipinski definition) is 3. The smallest absolute Gasteiger partial charge is 0.208 e. The molecule has 4 rings (SSSR count). The van der Waals surface area contributed by atoms with Gasteiger partial charge in [0.05, 0.1) is 12.3 Å². The second-order valence-electron chi connectivity index (χ2n) is 6.76. The van der Waals surface area contributed by atoms with Gasteiger partial charge in [0.1, 0.15) is 16.9 Å². The molecule has 3 N–H and O–H groups in total. The lowest BCUT2D eigenvalue weighted by Gasteiger charge is -2.13. The number of nitrogens with one attached hydrogen (secondary N) is 1. The first-order chi connectivity index (χ1) is 15.5. The highest BCUT2D eigenvalue weighted by atomic mass is 32.2. The van der Waals surface area contributed by atoms with Crippen LogP contribution in [-0.2, 0) is 0 Å². The number of hydrogen-bond acceptors (Lipinski definition) is 11. The number of rotatable bonds is 8. The summed E-state index contributed by atoms with van der Waals surface area (Å²) < 4.78 is 10.2. The SMILES string of the molecule is Cc1ccc(Sc2cnc(Nc3nc([C@H](O)CO)ns3)c(Oc3cccnc3C)c2)nc1. The van der Waals surface area contributed by atoms with E-state index in [1.807, 2.05) is 44.3 Å². The number of aryl methyl sites for hydroxylation is 2. The molecule has 9 nitrogen and oxygen atoms in total. The van der Waals surface area contributed by atoms with Crippen molar-refractivity contribution >= 4 is 34.2 Å². The summed E-state index contributed by atoms with van der Waals surface area (Å²) in [6.07, 6.45) is 4.09. The van der Waals surface area contributed by atoms with Crippen molar-refractivity contribution in [2.24, 2.45) is 0 Å². The quantitative estimate of drug-likeness (QED) is 0.348. The highest BCUT2D eigenvalue weighted by Gasteiger charge is 2.16. The van der Waals surface area contributed by atoms with E-state index < -0.39 is 12.7 Å². The van der Waals surface area contributed by atoms with E-state index in [2.05, 4.69) is 29.6 Å². The molecule has 0 radical (unpaired) electrons. The highest BCUT2D eigenvalue weighted by molar-refractivity contribution is 7.99. The van der Waals surface area contributed by atoms with Gasteiger partial charge < -0.3 is 20.3 Å². The van der Waals surface area contributed by atoms with E-state index in [9.17, 15) is 5.11 Å². The molecule has 32 heavy (non-hydrogen) atoms. The first-order valence-corrected chi connectivity index (χ1v) is 11.2. The first kappa shape index (κ1) is 22.1. The van der Waals surface area contributed by atoms with E-state index in [0.29, 0.717) is 22.4 Å². The third kappa shape index (κ3) is 5.37. The van der Waals surface area contributed by atoms with E-state index in [0.717, 1.165) is 32.7 Å². The van der Waals surface area contributed by atoms with Crippen LogP contribution in [0.4, 0.5) is 10.9 Å². The Bertz CT molecular complexity index is 1200. The summed E-state index contributed by atoms with van der Waals surface area (Å²) in [6.45, 7) is 3.39. The van der Waals surface area contributed by atoms with Crippen molar-refractivity contribution in [3.63, 3.8) is 0 Å². The fraction of sp³-hybridized carbons (Fsp3) is 0.190. The van der Waals surface area contributed by atoms with Gasteiger partial charge in [0.2, 0.25) is 5.13 Å². The summed E-state index contributed by atoms with van der Waals surface area (Å²) in [6, 6.07) is 9.44. The Kier molecular flexibility index (Phi) is 6.90. The van der Waals surface area contributed by atoms with Gasteiger partial charge in [0.15, 0.2) is 17.4 Å². The maximum Gasteiger partial charge on any atom is 0.208 e. The number of nitrogens with zero attached hydrogens (tertiary/aromatic N) is 5. The molecule has 0 aliphatic heterocycles. The molecule has 0 bridgehead atoms. The van der Waals surface area contributed by atoms with Gasteiger partial charge in [0, 0.05) is 41.1 Å². The van der Waals surface area contributed by atoms with E-state index in [1.165, 1.54) is 11.8 Å². The van der Waals surface area contributed by atoms with Crippen LogP contribution in [0.1, 0.15) is 23.2 Å². The lowest BCUT2D eigenvalue weighted by atomic mass is 10.3. The number of aliphatic hydroxyl groups excluding tert-OH is 2. The largest absolute Gasteiger partial charge is 0.452 e. The molecule has 0 fully saturated rings. The lowest BCUT2D eigenvalue weighted by Crippen LogP contribution is -2.04. The third-order valence-corrected chi connectivity index (χ3v) is 5.80. The van der Waals surface area contributed by atoms with Gasteiger partial charge in [-0.25, -0.2) is 15.0 Å². The molecular formula is C21H20N6O3S2. The van der Waals surface area contributed by atoms with Crippen molar-refractivity contribution in [2.75, 3.05) is 11.9 Å². The van der Waals surface area contributed by atoms with Gasteiger partial charge in [-0.3, -0.25) is 4.98 Å². The fourth-order valence-electron chi connectivity index (χ4n) is 2.59. The molecule has 4 aromatic rings. The molecule has 4 aromatic heterocycles. The maximum atomic E-state index is 9.73. The molecule has 0 aliphatic carbocycles. The van der Waals surface area contributed by atoms with Crippen LogP contribution in [0, 0.1) is 13.8 Å². The molecule has 0 saturated carbocycles. The van der Waals surface area contributed by atoms with Crippen molar-refractivity contribution in [3.05, 3.63) is 66.0 Å². The van der Waals surface area contributed by atoms with Gasteiger partial charge in [0.25, 0.3) is 0 Å². The van der Waals surface area contributed by atoms with Crippen LogP contribution >= 0.6 is 23.3 Å². The molecule has 1 atom stereocenters. The van der Waals surface area contributed by atoms with E-state index in [1.54, 1.807) is 18.5 Å². The summed E-state index contributed by atoms with van der Waals surface area (Å²) in [5, 5.41) is 23.2. The van der Waals surface area contributed by atoms with Crippen molar-refractivity contribution in [3.8, 4) is 11.5 Å². The Balaban J connectivity index is 1.64. The average molecular weight is 469 g/mol. The number of aliphatic hydroxyl groups is 2. The normalized spacial score (nSPS) is 11.9. The number of pyridine rings is 3. The van der Waals surface area contributed by atoms with Crippen molar-refractivity contribution in [2.45, 2.75) is 29.9 Å². The van der Waals surface area contributed by atoms with Crippen LogP contribution < -0.4 is 10.1 Å². The standard InChI is InChI=1S/C21H20N6O3S2/c1-12-5-6-18(23-9-12)31-14-8-17(30-16-4-3-7-22-13(16)2)20(24-10-14)26-21-25-19(27-32-21)15(29)11-28/h3-10,15,28-29H,11H2,1-2H3,(H,24,25,26,27)/t15-/m1/s1. The van der Waals surface area contributed by atoms with Gasteiger partial charge in [-0.15, -0.1) is 0 Å². The van der Waals surface area contributed by atoms with Gasteiger partial charge >= 0.3 is 0 Å². The lowest BCUT2D eigenvalue weighted by molar-refractivity contribution is 0.0897. The van der Waals surface area contributed by atoms with Crippen LogP contribution in [0.25, 0.3) is 0 Å². The van der Waals surface area contributed by atoms with Crippen LogP contribution in [0.3, 0.4) is 0 Å². The molecule has 0 amide bonds. The van der Waals surface area contributed by atoms with Crippen molar-refractivity contribution < 1.29 is 14.9 Å². The van der Waals surface area contributed by atoms with Gasteiger partial charge in [-0.2, -0.15) is 4.37 Å². The van der Waals surface area contributed by atoms with Crippen LogP contribution in [0.15, 0.2) is 58.8 Å². The minimum absolute atomic E-state index is 0.142. The molecule has 4 heterocycles. The minimum Gasteiger partial charge on any atom is -0.452 e. The Morgan fingerprint density at radius 2 is 2.00 bits per heavy atom.